The van der Waals surface area contributed by atoms with Crippen molar-refractivity contribution >= 4 is 15.8 Å². The van der Waals surface area contributed by atoms with Crippen molar-refractivity contribution in [1.82, 2.24) is 9.55 Å². The van der Waals surface area contributed by atoms with E-state index in [1.54, 1.807) is 4.57 Å². The molecule has 0 radical (unpaired) electrons. The highest BCUT2D eigenvalue weighted by Crippen LogP contribution is 2.34. The van der Waals surface area contributed by atoms with E-state index in [1.807, 2.05) is 0 Å². The van der Waals surface area contributed by atoms with E-state index in [0.717, 1.165) is 12.8 Å². The summed E-state index contributed by atoms with van der Waals surface area (Å²) in [4.78, 5) is 15.5. The van der Waals surface area contributed by atoms with E-state index < -0.39 is 15.8 Å². The number of carboxylic acid groups (broad SMARTS) is 1. The van der Waals surface area contributed by atoms with Crippen LogP contribution in [0.2, 0.25) is 0 Å². The maximum Gasteiger partial charge on any atom is 0.356 e. The Morgan fingerprint density at radius 3 is 2.75 bits per heavy atom. The number of sulfone groups is 1. The highest BCUT2D eigenvalue weighted by molar-refractivity contribution is 7.91. The van der Waals surface area contributed by atoms with Crippen LogP contribution in [0.5, 0.6) is 0 Å². The average Bonchev–Trinajstić information content (AvgIpc) is 2.90. The Kier molecular flexibility index (Phi) is 3.09. The molecule has 110 valence electrons. The van der Waals surface area contributed by atoms with E-state index in [2.05, 4.69) is 4.98 Å². The lowest BCUT2D eigenvalue weighted by molar-refractivity contribution is 0.0689. The van der Waals surface area contributed by atoms with Crippen LogP contribution in [0.1, 0.15) is 53.4 Å². The SMILES string of the molecule is NC1CCCc2c(C(=O)O)nc(C3CCS(=O)(=O)C3)n21. The summed E-state index contributed by atoms with van der Waals surface area (Å²) < 4.78 is 25.0. The van der Waals surface area contributed by atoms with Gasteiger partial charge in [0.05, 0.1) is 23.4 Å². The Labute approximate surface area is 116 Å². The largest absolute Gasteiger partial charge is 0.476 e. The fourth-order valence-corrected chi connectivity index (χ4v) is 4.90. The van der Waals surface area contributed by atoms with Gasteiger partial charge in [0.25, 0.3) is 0 Å². The summed E-state index contributed by atoms with van der Waals surface area (Å²) in [5.41, 5.74) is 6.74. The summed E-state index contributed by atoms with van der Waals surface area (Å²) in [6.07, 6.45) is 2.40. The number of carboxylic acids is 1. The number of hydrogen-bond acceptors (Lipinski definition) is 5. The number of imidazole rings is 1. The molecule has 1 aromatic heterocycles. The van der Waals surface area contributed by atoms with E-state index >= 15 is 0 Å². The molecule has 2 aliphatic heterocycles. The lowest BCUT2D eigenvalue weighted by atomic mass is 10.0. The number of aromatic carboxylic acids is 1. The quantitative estimate of drug-likeness (QED) is 0.810. The van der Waals surface area contributed by atoms with Crippen LogP contribution >= 0.6 is 0 Å². The van der Waals surface area contributed by atoms with Gasteiger partial charge in [0.2, 0.25) is 0 Å². The molecule has 2 atom stereocenters. The lowest BCUT2D eigenvalue weighted by Crippen LogP contribution is -2.28. The molecule has 2 aliphatic rings. The third kappa shape index (κ3) is 2.12. The molecule has 0 saturated carbocycles. The fraction of sp³-hybridized carbons (Fsp3) is 0.667. The Hall–Kier alpha value is -1.41. The van der Waals surface area contributed by atoms with Gasteiger partial charge in [-0.05, 0) is 25.7 Å². The normalized spacial score (nSPS) is 28.2. The molecule has 20 heavy (non-hydrogen) atoms. The Morgan fingerprint density at radius 2 is 2.15 bits per heavy atom. The van der Waals surface area contributed by atoms with Gasteiger partial charge in [-0.1, -0.05) is 0 Å². The second kappa shape index (κ2) is 4.56. The van der Waals surface area contributed by atoms with E-state index in [0.29, 0.717) is 24.4 Å². The minimum atomic E-state index is -3.04. The molecular formula is C12H17N3O4S. The van der Waals surface area contributed by atoms with Gasteiger partial charge in [-0.2, -0.15) is 0 Å². The molecule has 1 aromatic rings. The van der Waals surface area contributed by atoms with Crippen molar-refractivity contribution in [2.75, 3.05) is 11.5 Å². The highest BCUT2D eigenvalue weighted by Gasteiger charge is 2.36. The molecule has 2 unspecified atom stereocenters. The molecule has 0 aliphatic carbocycles. The second-order valence-electron chi connectivity index (χ2n) is 5.50. The number of nitrogens with two attached hydrogens (primary N) is 1. The first-order valence-electron chi connectivity index (χ1n) is 6.69. The van der Waals surface area contributed by atoms with E-state index in [9.17, 15) is 18.3 Å². The smallest absolute Gasteiger partial charge is 0.356 e. The molecule has 3 N–H and O–H groups in total. The lowest BCUT2D eigenvalue weighted by Gasteiger charge is -2.25. The summed E-state index contributed by atoms with van der Waals surface area (Å²) >= 11 is 0. The van der Waals surface area contributed by atoms with Crippen LogP contribution in [-0.4, -0.2) is 40.6 Å². The van der Waals surface area contributed by atoms with Crippen molar-refractivity contribution in [3.8, 4) is 0 Å². The topological polar surface area (TPSA) is 115 Å². The zero-order valence-electron chi connectivity index (χ0n) is 10.9. The monoisotopic (exact) mass is 299 g/mol. The summed E-state index contributed by atoms with van der Waals surface area (Å²) in [7, 11) is -3.04. The standard InChI is InChI=1S/C12H17N3O4S/c13-9-3-1-2-8-10(12(16)17)14-11(15(8)9)7-4-5-20(18,19)6-7/h7,9H,1-6,13H2,(H,16,17). The molecule has 8 heteroatoms. The van der Waals surface area contributed by atoms with Crippen molar-refractivity contribution in [1.29, 1.82) is 0 Å². The Morgan fingerprint density at radius 1 is 1.40 bits per heavy atom. The van der Waals surface area contributed by atoms with Gasteiger partial charge in [-0.3, -0.25) is 0 Å². The van der Waals surface area contributed by atoms with Crippen LogP contribution in [0, 0.1) is 0 Å². The van der Waals surface area contributed by atoms with Gasteiger partial charge >= 0.3 is 5.97 Å². The zero-order valence-corrected chi connectivity index (χ0v) is 11.8. The summed E-state index contributed by atoms with van der Waals surface area (Å²) in [5, 5.41) is 9.25. The molecule has 1 fully saturated rings. The van der Waals surface area contributed by atoms with Crippen LogP contribution < -0.4 is 5.73 Å². The van der Waals surface area contributed by atoms with Crippen LogP contribution in [0.3, 0.4) is 0 Å². The summed E-state index contributed by atoms with van der Waals surface area (Å²) in [6, 6.07) is 0. The molecule has 3 rings (SSSR count). The van der Waals surface area contributed by atoms with Crippen molar-refractivity contribution in [2.24, 2.45) is 5.73 Å². The van der Waals surface area contributed by atoms with Crippen molar-refractivity contribution in [3.05, 3.63) is 17.2 Å². The van der Waals surface area contributed by atoms with Crippen molar-refractivity contribution < 1.29 is 18.3 Å². The van der Waals surface area contributed by atoms with Gasteiger partial charge in [0.15, 0.2) is 15.5 Å². The predicted molar refractivity (Wildman–Crippen MR) is 71.4 cm³/mol. The molecule has 0 spiro atoms. The number of hydrogen-bond donors (Lipinski definition) is 2. The third-order valence-corrected chi connectivity index (χ3v) is 5.85. The average molecular weight is 299 g/mol. The summed E-state index contributed by atoms with van der Waals surface area (Å²) in [6.45, 7) is 0. The predicted octanol–water partition coefficient (Wildman–Crippen LogP) is 0.277. The first kappa shape index (κ1) is 13.6. The molecule has 0 aromatic carbocycles. The second-order valence-corrected chi connectivity index (χ2v) is 7.73. The van der Waals surface area contributed by atoms with Gasteiger partial charge in [-0.25, -0.2) is 18.2 Å². The van der Waals surface area contributed by atoms with Crippen molar-refractivity contribution in [2.45, 2.75) is 37.8 Å². The van der Waals surface area contributed by atoms with Crippen LogP contribution in [-0.2, 0) is 16.3 Å². The molecule has 0 bridgehead atoms. The first-order chi connectivity index (χ1) is 9.39. The van der Waals surface area contributed by atoms with E-state index in [4.69, 9.17) is 5.73 Å². The molecule has 1 saturated heterocycles. The van der Waals surface area contributed by atoms with Gasteiger partial charge in [0, 0.05) is 5.92 Å². The van der Waals surface area contributed by atoms with Gasteiger partial charge in [0.1, 0.15) is 5.82 Å². The Balaban J connectivity index is 2.09. The van der Waals surface area contributed by atoms with Gasteiger partial charge in [-0.15, -0.1) is 0 Å². The number of rotatable bonds is 2. The molecule has 7 nitrogen and oxygen atoms in total. The zero-order chi connectivity index (χ0) is 14.5. The maximum absolute atomic E-state index is 11.6. The van der Waals surface area contributed by atoms with Crippen LogP contribution in [0.4, 0.5) is 0 Å². The van der Waals surface area contributed by atoms with Crippen LogP contribution in [0.25, 0.3) is 0 Å². The molecule has 3 heterocycles. The van der Waals surface area contributed by atoms with Crippen molar-refractivity contribution in [3.63, 3.8) is 0 Å². The first-order valence-corrected chi connectivity index (χ1v) is 8.51. The van der Waals surface area contributed by atoms with E-state index in [1.165, 1.54) is 0 Å². The Bertz CT molecular complexity index is 664. The third-order valence-electron chi connectivity index (χ3n) is 4.08. The highest BCUT2D eigenvalue weighted by atomic mass is 32.2. The minimum Gasteiger partial charge on any atom is -0.476 e. The number of nitrogens with zero attached hydrogens (tertiary/aromatic N) is 2. The van der Waals surface area contributed by atoms with E-state index in [-0.39, 0.29) is 29.3 Å². The number of fused-ring (bicyclic) bond motifs is 1. The van der Waals surface area contributed by atoms with Crippen LogP contribution in [0.15, 0.2) is 0 Å². The summed E-state index contributed by atoms with van der Waals surface area (Å²) in [5.74, 6) is -0.608. The fourth-order valence-electron chi connectivity index (χ4n) is 3.16. The van der Waals surface area contributed by atoms with Gasteiger partial charge < -0.3 is 15.4 Å². The number of aromatic nitrogens is 2. The molecular weight excluding hydrogens is 282 g/mol. The maximum atomic E-state index is 11.6. The molecule has 0 amide bonds. The number of carbonyl (C=O) groups is 1. The minimum absolute atomic E-state index is 0.0273.